The molecule has 0 fully saturated rings. The number of anilines is 2. The van der Waals surface area contributed by atoms with Gasteiger partial charge in [0, 0.05) is 13.1 Å². The molecule has 0 aliphatic heterocycles. The van der Waals surface area contributed by atoms with Crippen molar-refractivity contribution in [2.45, 2.75) is 24.2 Å². The Hall–Kier alpha value is -2.91. The van der Waals surface area contributed by atoms with Crippen LogP contribution >= 0.6 is 23.1 Å². The van der Waals surface area contributed by atoms with Crippen molar-refractivity contribution in [1.82, 2.24) is 15.5 Å². The number of thioether (sulfide) groups is 1. The van der Waals surface area contributed by atoms with E-state index in [-0.39, 0.29) is 17.6 Å². The summed E-state index contributed by atoms with van der Waals surface area (Å²) in [7, 11) is 0. The molecular weight excluding hydrogens is 418 g/mol. The third kappa shape index (κ3) is 6.57. The predicted molar refractivity (Wildman–Crippen MR) is 122 cm³/mol. The van der Waals surface area contributed by atoms with Gasteiger partial charge in [0.05, 0.1) is 17.0 Å². The van der Waals surface area contributed by atoms with Crippen LogP contribution in [0.15, 0.2) is 58.9 Å². The van der Waals surface area contributed by atoms with Gasteiger partial charge in [0.1, 0.15) is 0 Å². The fourth-order valence-corrected chi connectivity index (χ4v) is 4.13. The zero-order valence-corrected chi connectivity index (χ0v) is 18.2. The van der Waals surface area contributed by atoms with Crippen LogP contribution in [-0.4, -0.2) is 34.3 Å². The molecule has 0 saturated carbocycles. The number of nitrogens with one attached hydrogen (secondary N) is 3. The van der Waals surface area contributed by atoms with E-state index in [4.69, 9.17) is 0 Å². The standard InChI is InChI=1S/C21H23N5O2S2/c1-2-12-22-20-25-26-21(30-20)29-14-18(27)24-17-11-7-6-10-16(17)19(28)23-13-15-8-4-3-5-9-15/h3-11H,2,12-14H2,1H3,(H,22,25)(H,23,28)(H,24,27). The number of nitrogens with zero attached hydrogens (tertiary/aromatic N) is 2. The van der Waals surface area contributed by atoms with Crippen LogP contribution in [0.25, 0.3) is 0 Å². The van der Waals surface area contributed by atoms with Gasteiger partial charge in [0.15, 0.2) is 4.34 Å². The van der Waals surface area contributed by atoms with Gasteiger partial charge < -0.3 is 16.0 Å². The molecule has 0 aliphatic carbocycles. The first kappa shape index (κ1) is 21.8. The lowest BCUT2D eigenvalue weighted by atomic mass is 10.1. The van der Waals surface area contributed by atoms with Crippen LogP contribution in [0, 0.1) is 0 Å². The van der Waals surface area contributed by atoms with Crippen molar-refractivity contribution < 1.29 is 9.59 Å². The minimum absolute atomic E-state index is 0.183. The van der Waals surface area contributed by atoms with Crippen LogP contribution < -0.4 is 16.0 Å². The van der Waals surface area contributed by atoms with Gasteiger partial charge in [-0.05, 0) is 24.1 Å². The highest BCUT2D eigenvalue weighted by Crippen LogP contribution is 2.25. The van der Waals surface area contributed by atoms with Crippen molar-refractivity contribution in [2.24, 2.45) is 0 Å². The SMILES string of the molecule is CCCNc1nnc(SCC(=O)Nc2ccccc2C(=O)NCc2ccccc2)s1. The summed E-state index contributed by atoms with van der Waals surface area (Å²) in [5.74, 6) is -0.262. The van der Waals surface area contributed by atoms with Crippen molar-refractivity contribution in [3.63, 3.8) is 0 Å². The Labute approximate surface area is 183 Å². The number of amides is 2. The molecule has 2 amide bonds. The van der Waals surface area contributed by atoms with Gasteiger partial charge >= 0.3 is 0 Å². The van der Waals surface area contributed by atoms with Gasteiger partial charge in [-0.15, -0.1) is 10.2 Å². The van der Waals surface area contributed by atoms with Crippen molar-refractivity contribution in [3.8, 4) is 0 Å². The summed E-state index contributed by atoms with van der Waals surface area (Å²) < 4.78 is 0.720. The molecule has 3 N–H and O–H groups in total. The zero-order valence-electron chi connectivity index (χ0n) is 16.6. The number of carbonyl (C=O) groups excluding carboxylic acids is 2. The summed E-state index contributed by atoms with van der Waals surface area (Å²) in [5, 5.41) is 17.8. The predicted octanol–water partition coefficient (Wildman–Crippen LogP) is 4.02. The topological polar surface area (TPSA) is 96.0 Å². The van der Waals surface area contributed by atoms with Gasteiger partial charge in [0.25, 0.3) is 5.91 Å². The summed E-state index contributed by atoms with van der Waals surface area (Å²) in [5.41, 5.74) is 1.92. The quantitative estimate of drug-likeness (QED) is 0.411. The number of hydrogen-bond donors (Lipinski definition) is 3. The number of rotatable bonds is 10. The lowest BCUT2D eigenvalue weighted by molar-refractivity contribution is -0.113. The Bertz CT molecular complexity index is 978. The third-order valence-corrected chi connectivity index (χ3v) is 6.02. The maximum Gasteiger partial charge on any atom is 0.253 e. The highest BCUT2D eigenvalue weighted by atomic mass is 32.2. The summed E-state index contributed by atoms with van der Waals surface area (Å²) >= 11 is 2.74. The van der Waals surface area contributed by atoms with Crippen LogP contribution in [0.4, 0.5) is 10.8 Å². The minimum atomic E-state index is -0.238. The van der Waals surface area contributed by atoms with Crippen molar-refractivity contribution in [1.29, 1.82) is 0 Å². The molecule has 7 nitrogen and oxygen atoms in total. The normalized spacial score (nSPS) is 10.4. The Morgan fingerprint density at radius 2 is 1.80 bits per heavy atom. The summed E-state index contributed by atoms with van der Waals surface area (Å²) in [6.07, 6.45) is 1.00. The largest absolute Gasteiger partial charge is 0.360 e. The highest BCUT2D eigenvalue weighted by molar-refractivity contribution is 8.01. The molecule has 0 spiro atoms. The fourth-order valence-electron chi connectivity index (χ4n) is 2.55. The molecule has 1 heterocycles. The van der Waals surface area contributed by atoms with E-state index in [1.165, 1.54) is 23.1 Å². The fraction of sp³-hybridized carbons (Fsp3) is 0.238. The van der Waals surface area contributed by atoms with E-state index in [0.717, 1.165) is 28.0 Å². The average Bonchev–Trinajstić information content (AvgIpc) is 3.23. The number of para-hydroxylation sites is 1. The van der Waals surface area contributed by atoms with Gasteiger partial charge in [0.2, 0.25) is 11.0 Å². The second kappa shape index (κ2) is 11.3. The molecule has 0 atom stereocenters. The van der Waals surface area contributed by atoms with Gasteiger partial charge in [-0.25, -0.2) is 0 Å². The Kier molecular flexibility index (Phi) is 8.22. The first-order valence-corrected chi connectivity index (χ1v) is 11.4. The van der Waals surface area contributed by atoms with Crippen LogP contribution in [0.2, 0.25) is 0 Å². The average molecular weight is 442 g/mol. The Morgan fingerprint density at radius 3 is 2.60 bits per heavy atom. The molecule has 0 aliphatic rings. The second-order valence-electron chi connectivity index (χ2n) is 6.35. The van der Waals surface area contributed by atoms with Crippen molar-refractivity contribution >= 4 is 45.7 Å². The van der Waals surface area contributed by atoms with E-state index in [2.05, 4.69) is 33.1 Å². The van der Waals surface area contributed by atoms with Gasteiger partial charge in [-0.3, -0.25) is 9.59 Å². The molecule has 3 aromatic rings. The molecule has 30 heavy (non-hydrogen) atoms. The molecule has 0 saturated heterocycles. The zero-order chi connectivity index (χ0) is 21.2. The molecule has 0 radical (unpaired) electrons. The molecule has 2 aromatic carbocycles. The summed E-state index contributed by atoms with van der Waals surface area (Å²) in [4.78, 5) is 25.0. The maximum atomic E-state index is 12.6. The van der Waals surface area contributed by atoms with Gasteiger partial charge in [-0.1, -0.05) is 72.5 Å². The number of benzene rings is 2. The molecule has 0 bridgehead atoms. The Morgan fingerprint density at radius 1 is 1.03 bits per heavy atom. The summed E-state index contributed by atoms with van der Waals surface area (Å²) in [6, 6.07) is 16.6. The van der Waals surface area contributed by atoms with Crippen molar-refractivity contribution in [2.75, 3.05) is 22.9 Å². The number of carbonyl (C=O) groups is 2. The van der Waals surface area contributed by atoms with Crippen LogP contribution in [0.1, 0.15) is 29.3 Å². The molecule has 0 unspecified atom stereocenters. The van der Waals surface area contributed by atoms with E-state index < -0.39 is 0 Å². The van der Waals surface area contributed by atoms with E-state index in [9.17, 15) is 9.59 Å². The number of hydrogen-bond acceptors (Lipinski definition) is 7. The monoisotopic (exact) mass is 441 g/mol. The molecular formula is C21H23N5O2S2. The molecule has 3 rings (SSSR count). The first-order valence-electron chi connectivity index (χ1n) is 9.57. The lowest BCUT2D eigenvalue weighted by Gasteiger charge is -2.11. The molecule has 9 heteroatoms. The maximum absolute atomic E-state index is 12.6. The van der Waals surface area contributed by atoms with Crippen molar-refractivity contribution in [3.05, 3.63) is 65.7 Å². The number of aromatic nitrogens is 2. The van der Waals surface area contributed by atoms with E-state index in [1.54, 1.807) is 24.3 Å². The smallest absolute Gasteiger partial charge is 0.253 e. The molecule has 1 aromatic heterocycles. The van der Waals surface area contributed by atoms with Crippen LogP contribution in [0.3, 0.4) is 0 Å². The van der Waals surface area contributed by atoms with Crippen LogP contribution in [-0.2, 0) is 11.3 Å². The molecule has 156 valence electrons. The minimum Gasteiger partial charge on any atom is -0.360 e. The van der Waals surface area contributed by atoms with Crippen LogP contribution in [0.5, 0.6) is 0 Å². The summed E-state index contributed by atoms with van der Waals surface area (Å²) in [6.45, 7) is 3.33. The van der Waals surface area contributed by atoms with E-state index in [1.807, 2.05) is 30.3 Å². The third-order valence-electron chi connectivity index (χ3n) is 4.00. The first-order chi connectivity index (χ1) is 14.7. The lowest BCUT2D eigenvalue weighted by Crippen LogP contribution is -2.25. The van der Waals surface area contributed by atoms with E-state index >= 15 is 0 Å². The Balaban J connectivity index is 1.54. The van der Waals surface area contributed by atoms with Gasteiger partial charge in [-0.2, -0.15) is 0 Å². The highest BCUT2D eigenvalue weighted by Gasteiger charge is 2.14. The van der Waals surface area contributed by atoms with E-state index in [0.29, 0.717) is 17.8 Å². The second-order valence-corrected chi connectivity index (χ2v) is 8.55.